The molecular formula is C12H20N2O5S2. The van der Waals surface area contributed by atoms with Crippen LogP contribution >= 0.6 is 11.8 Å². The molecule has 1 unspecified atom stereocenters. The molecule has 7 nitrogen and oxygen atoms in total. The Labute approximate surface area is 128 Å². The number of nitrogens with one attached hydrogen (secondary N) is 2. The summed E-state index contributed by atoms with van der Waals surface area (Å²) >= 11 is 1.40. The van der Waals surface area contributed by atoms with Gasteiger partial charge in [0.25, 0.3) is 0 Å². The first kappa shape index (κ1) is 18.0. The molecule has 0 saturated heterocycles. The molecule has 1 atom stereocenters. The lowest BCUT2D eigenvalue weighted by Gasteiger charge is -2.22. The number of aromatic amines is 1. The molecule has 0 saturated carbocycles. The first-order chi connectivity index (χ1) is 9.52. The van der Waals surface area contributed by atoms with Crippen molar-refractivity contribution in [1.29, 1.82) is 0 Å². The van der Waals surface area contributed by atoms with E-state index in [9.17, 15) is 18.3 Å². The molecule has 0 bridgehead atoms. The molecule has 21 heavy (non-hydrogen) atoms. The number of carbonyl (C=O) groups is 1. The number of aromatic nitrogens is 1. The first-order valence-electron chi connectivity index (χ1n) is 6.15. The van der Waals surface area contributed by atoms with E-state index in [0.29, 0.717) is 5.75 Å². The van der Waals surface area contributed by atoms with Crippen molar-refractivity contribution in [3.63, 3.8) is 0 Å². The molecule has 0 aliphatic rings. The van der Waals surface area contributed by atoms with Crippen LogP contribution in [0.2, 0.25) is 0 Å². The topological polar surface area (TPSA) is 119 Å². The van der Waals surface area contributed by atoms with Crippen molar-refractivity contribution >= 4 is 27.8 Å². The fraction of sp³-hybridized carbons (Fsp3) is 0.583. The Morgan fingerprint density at radius 2 is 2.00 bits per heavy atom. The zero-order valence-corrected chi connectivity index (χ0v) is 14.0. The van der Waals surface area contributed by atoms with Crippen LogP contribution in [0.3, 0.4) is 0 Å². The van der Waals surface area contributed by atoms with Gasteiger partial charge in [-0.1, -0.05) is 0 Å². The summed E-state index contributed by atoms with van der Waals surface area (Å²) in [5.74, 6) is -0.840. The third-order valence-electron chi connectivity index (χ3n) is 2.95. The van der Waals surface area contributed by atoms with E-state index < -0.39 is 21.6 Å². The number of aromatic carboxylic acids is 1. The lowest BCUT2D eigenvalue weighted by atomic mass is 10.1. The number of carboxylic acids is 1. The van der Waals surface area contributed by atoms with E-state index in [1.165, 1.54) is 32.5 Å². The zero-order chi connectivity index (χ0) is 16.4. The third kappa shape index (κ3) is 4.22. The first-order valence-corrected chi connectivity index (χ1v) is 9.03. The van der Waals surface area contributed by atoms with Crippen molar-refractivity contribution in [2.75, 3.05) is 18.6 Å². The van der Waals surface area contributed by atoms with E-state index >= 15 is 0 Å². The van der Waals surface area contributed by atoms with E-state index in [2.05, 4.69) is 9.71 Å². The summed E-state index contributed by atoms with van der Waals surface area (Å²) in [7, 11) is -3.90. The number of H-pyrrole nitrogens is 1. The highest BCUT2D eigenvalue weighted by atomic mass is 32.2. The maximum absolute atomic E-state index is 12.3. The maximum Gasteiger partial charge on any atom is 0.352 e. The molecule has 0 aliphatic heterocycles. The Morgan fingerprint density at radius 3 is 2.43 bits per heavy atom. The molecule has 1 aromatic rings. The van der Waals surface area contributed by atoms with E-state index in [0.717, 1.165) is 0 Å². The summed E-state index contributed by atoms with van der Waals surface area (Å²) in [6.07, 6.45) is 1.81. The van der Waals surface area contributed by atoms with Gasteiger partial charge in [-0.25, -0.2) is 17.9 Å². The third-order valence-corrected chi connectivity index (χ3v) is 5.53. The van der Waals surface area contributed by atoms with Crippen molar-refractivity contribution in [2.24, 2.45) is 0 Å². The van der Waals surface area contributed by atoms with E-state index in [1.54, 1.807) is 0 Å². The second-order valence-corrected chi connectivity index (χ2v) is 7.71. The average molecular weight is 336 g/mol. The summed E-state index contributed by atoms with van der Waals surface area (Å²) in [4.78, 5) is 13.5. The Balaban J connectivity index is 3.07. The van der Waals surface area contributed by atoms with Gasteiger partial charge < -0.3 is 15.2 Å². The van der Waals surface area contributed by atoms with Crippen molar-refractivity contribution in [3.8, 4) is 0 Å². The van der Waals surface area contributed by atoms with Gasteiger partial charge in [-0.2, -0.15) is 11.8 Å². The van der Waals surface area contributed by atoms with Crippen LogP contribution in [0.25, 0.3) is 0 Å². The number of hydrogen-bond donors (Lipinski definition) is 4. The van der Waals surface area contributed by atoms with Gasteiger partial charge in [-0.05, 0) is 27.0 Å². The van der Waals surface area contributed by atoms with E-state index in [1.807, 2.05) is 6.26 Å². The molecule has 4 N–H and O–H groups in total. The van der Waals surface area contributed by atoms with Gasteiger partial charge >= 0.3 is 5.97 Å². The van der Waals surface area contributed by atoms with Gasteiger partial charge in [0.2, 0.25) is 10.0 Å². The second-order valence-electron chi connectivity index (χ2n) is 5.14. The number of hydrogen-bond acceptors (Lipinski definition) is 5. The molecule has 0 fully saturated rings. The van der Waals surface area contributed by atoms with Crippen LogP contribution in [-0.2, 0) is 10.0 Å². The summed E-state index contributed by atoms with van der Waals surface area (Å²) < 4.78 is 27.0. The molecule has 9 heteroatoms. The largest absolute Gasteiger partial charge is 0.477 e. The van der Waals surface area contributed by atoms with Gasteiger partial charge in [0.05, 0.1) is 5.60 Å². The molecule has 0 radical (unpaired) electrons. The maximum atomic E-state index is 12.3. The number of aliphatic hydroxyl groups is 1. The minimum absolute atomic E-state index is 0.0835. The number of rotatable bonds is 7. The molecule has 0 aliphatic carbocycles. The molecule has 1 aromatic heterocycles. The van der Waals surface area contributed by atoms with Gasteiger partial charge in [0, 0.05) is 23.6 Å². The van der Waals surface area contributed by atoms with Crippen LogP contribution in [0.1, 0.15) is 28.7 Å². The molecule has 0 spiro atoms. The smallest absolute Gasteiger partial charge is 0.352 e. The lowest BCUT2D eigenvalue weighted by Crippen LogP contribution is -2.42. The average Bonchev–Trinajstić information content (AvgIpc) is 2.63. The fourth-order valence-corrected chi connectivity index (χ4v) is 4.36. The standard InChI is InChI=1S/C12H20N2O5S2/c1-7-9(11(15)16)14-8(2)10(7)21(18,19)13-5-12(3,17)6-20-4/h13-14,17H,5-6H2,1-4H3,(H,15,16). The second kappa shape index (κ2) is 6.39. The van der Waals surface area contributed by atoms with Crippen LogP contribution in [0.15, 0.2) is 4.90 Å². The molecular weight excluding hydrogens is 316 g/mol. The number of sulfonamides is 1. The van der Waals surface area contributed by atoms with Gasteiger partial charge in [-0.3, -0.25) is 0 Å². The minimum Gasteiger partial charge on any atom is -0.477 e. The predicted octanol–water partition coefficient (Wildman–Crippen LogP) is 0.722. The Morgan fingerprint density at radius 1 is 1.43 bits per heavy atom. The number of aryl methyl sites for hydroxylation is 1. The van der Waals surface area contributed by atoms with Crippen LogP contribution in [-0.4, -0.2) is 53.7 Å². The Kier molecular flexibility index (Phi) is 5.48. The number of thioether (sulfide) groups is 1. The highest BCUT2D eigenvalue weighted by Crippen LogP contribution is 2.23. The predicted molar refractivity (Wildman–Crippen MR) is 81.4 cm³/mol. The number of carboxylic acid groups (broad SMARTS) is 1. The van der Waals surface area contributed by atoms with Crippen molar-refractivity contribution in [1.82, 2.24) is 9.71 Å². The summed E-state index contributed by atoms with van der Waals surface area (Å²) in [5.41, 5.74) is -0.928. The quantitative estimate of drug-likeness (QED) is 0.582. The molecule has 1 rings (SSSR count). The van der Waals surface area contributed by atoms with Gasteiger partial charge in [0.1, 0.15) is 10.6 Å². The van der Waals surface area contributed by atoms with Crippen LogP contribution in [0.5, 0.6) is 0 Å². The normalized spacial score (nSPS) is 14.9. The van der Waals surface area contributed by atoms with Crippen LogP contribution in [0, 0.1) is 13.8 Å². The van der Waals surface area contributed by atoms with E-state index in [4.69, 9.17) is 5.11 Å². The SMILES string of the molecule is CSCC(C)(O)CNS(=O)(=O)c1c(C)[nH]c(C(=O)O)c1C. The Hall–Kier alpha value is -1.03. The Bertz CT molecular complexity index is 634. The van der Waals surface area contributed by atoms with Crippen molar-refractivity contribution in [3.05, 3.63) is 17.0 Å². The molecule has 120 valence electrons. The molecule has 0 aromatic carbocycles. The fourth-order valence-electron chi connectivity index (χ4n) is 2.03. The van der Waals surface area contributed by atoms with Crippen molar-refractivity contribution in [2.45, 2.75) is 31.3 Å². The molecule has 1 heterocycles. The monoisotopic (exact) mass is 336 g/mol. The summed E-state index contributed by atoms with van der Waals surface area (Å²) in [6.45, 7) is 4.31. The molecule has 0 amide bonds. The minimum atomic E-state index is -3.90. The zero-order valence-electron chi connectivity index (χ0n) is 12.3. The van der Waals surface area contributed by atoms with Crippen LogP contribution in [0.4, 0.5) is 0 Å². The summed E-state index contributed by atoms with van der Waals surface area (Å²) in [5, 5.41) is 19.0. The van der Waals surface area contributed by atoms with Gasteiger partial charge in [-0.15, -0.1) is 0 Å². The van der Waals surface area contributed by atoms with Crippen LogP contribution < -0.4 is 4.72 Å². The van der Waals surface area contributed by atoms with E-state index in [-0.39, 0.29) is 28.4 Å². The lowest BCUT2D eigenvalue weighted by molar-refractivity contribution is 0.0690. The summed E-state index contributed by atoms with van der Waals surface area (Å²) in [6, 6.07) is 0. The highest BCUT2D eigenvalue weighted by molar-refractivity contribution is 7.98. The van der Waals surface area contributed by atoms with Gasteiger partial charge in [0.15, 0.2) is 0 Å². The van der Waals surface area contributed by atoms with Crippen molar-refractivity contribution < 1.29 is 23.4 Å². The highest BCUT2D eigenvalue weighted by Gasteiger charge is 2.29.